The summed E-state index contributed by atoms with van der Waals surface area (Å²) in [5.74, 6) is 1.18. The van der Waals surface area contributed by atoms with E-state index in [1.165, 1.54) is 11.3 Å². The highest BCUT2D eigenvalue weighted by atomic mass is 35.5. The number of hydrazone groups is 1. The predicted octanol–water partition coefficient (Wildman–Crippen LogP) is 3.57. The van der Waals surface area contributed by atoms with Gasteiger partial charge in [0.05, 0.1) is 31.2 Å². The molecule has 7 heteroatoms. The van der Waals surface area contributed by atoms with Gasteiger partial charge in [-0.25, -0.2) is 4.98 Å². The van der Waals surface area contributed by atoms with Gasteiger partial charge < -0.3 is 9.47 Å². The average molecular weight is 312 g/mol. The van der Waals surface area contributed by atoms with Crippen molar-refractivity contribution in [2.45, 2.75) is 6.92 Å². The van der Waals surface area contributed by atoms with E-state index in [0.717, 1.165) is 16.4 Å². The van der Waals surface area contributed by atoms with E-state index in [4.69, 9.17) is 21.1 Å². The van der Waals surface area contributed by atoms with Crippen LogP contribution in [0.3, 0.4) is 0 Å². The molecule has 0 aliphatic rings. The summed E-state index contributed by atoms with van der Waals surface area (Å²) < 4.78 is 10.4. The first kappa shape index (κ1) is 14.6. The van der Waals surface area contributed by atoms with Crippen LogP contribution in [0.25, 0.3) is 0 Å². The number of aromatic nitrogens is 1. The molecule has 0 atom stereocenters. The summed E-state index contributed by atoms with van der Waals surface area (Å²) >= 11 is 7.64. The van der Waals surface area contributed by atoms with Gasteiger partial charge in [0.1, 0.15) is 0 Å². The summed E-state index contributed by atoms with van der Waals surface area (Å²) in [5.41, 5.74) is 4.54. The summed E-state index contributed by atoms with van der Waals surface area (Å²) in [7, 11) is 3.14. The lowest BCUT2D eigenvalue weighted by Crippen LogP contribution is -1.95. The first-order valence-electron chi connectivity index (χ1n) is 5.76. The standard InChI is InChI=1S/C13H14ClN3O2S/c1-8-7-20-13(16-8)17-15-6-9-4-11(18-2)12(19-3)5-10(9)14/h4-7H,1-3H3,(H,16,17). The van der Waals surface area contributed by atoms with Crippen molar-refractivity contribution >= 4 is 34.3 Å². The molecule has 1 aromatic carbocycles. The molecule has 20 heavy (non-hydrogen) atoms. The van der Waals surface area contributed by atoms with Crippen molar-refractivity contribution in [1.29, 1.82) is 0 Å². The van der Waals surface area contributed by atoms with Gasteiger partial charge >= 0.3 is 0 Å². The summed E-state index contributed by atoms with van der Waals surface area (Å²) in [5, 5.41) is 7.32. The fourth-order valence-corrected chi connectivity index (χ4v) is 2.37. The van der Waals surface area contributed by atoms with Crippen molar-refractivity contribution in [3.8, 4) is 11.5 Å². The maximum Gasteiger partial charge on any atom is 0.203 e. The highest BCUT2D eigenvalue weighted by molar-refractivity contribution is 7.13. The van der Waals surface area contributed by atoms with E-state index >= 15 is 0 Å². The third-order valence-corrected chi connectivity index (χ3v) is 3.68. The second kappa shape index (κ2) is 6.58. The zero-order valence-corrected chi connectivity index (χ0v) is 12.9. The fourth-order valence-electron chi connectivity index (χ4n) is 1.53. The molecule has 0 amide bonds. The number of hydrogen-bond acceptors (Lipinski definition) is 6. The number of halogens is 1. The third kappa shape index (κ3) is 3.40. The first-order chi connectivity index (χ1) is 9.63. The van der Waals surface area contributed by atoms with E-state index < -0.39 is 0 Å². The summed E-state index contributed by atoms with van der Waals surface area (Å²) in [4.78, 5) is 4.24. The summed E-state index contributed by atoms with van der Waals surface area (Å²) in [6.07, 6.45) is 1.61. The van der Waals surface area contributed by atoms with Gasteiger partial charge in [0.2, 0.25) is 5.13 Å². The van der Waals surface area contributed by atoms with E-state index in [2.05, 4.69) is 15.5 Å². The van der Waals surface area contributed by atoms with Gasteiger partial charge in [-0.05, 0) is 13.0 Å². The summed E-state index contributed by atoms with van der Waals surface area (Å²) in [6, 6.07) is 3.45. The number of nitrogens with one attached hydrogen (secondary N) is 1. The van der Waals surface area contributed by atoms with Gasteiger partial charge in [-0.15, -0.1) is 11.3 Å². The Labute approximate surface area is 126 Å². The van der Waals surface area contributed by atoms with E-state index in [0.29, 0.717) is 16.5 Å². The molecule has 1 N–H and O–H groups in total. The van der Waals surface area contributed by atoms with Crippen molar-refractivity contribution in [2.75, 3.05) is 19.6 Å². The number of methoxy groups -OCH3 is 2. The molecule has 2 rings (SSSR count). The van der Waals surface area contributed by atoms with Crippen LogP contribution in [-0.4, -0.2) is 25.4 Å². The Balaban J connectivity index is 2.16. The zero-order chi connectivity index (χ0) is 14.5. The van der Waals surface area contributed by atoms with Crippen molar-refractivity contribution in [3.05, 3.63) is 33.8 Å². The van der Waals surface area contributed by atoms with Crippen LogP contribution in [-0.2, 0) is 0 Å². The number of hydrogen-bond donors (Lipinski definition) is 1. The second-order valence-electron chi connectivity index (χ2n) is 3.89. The monoisotopic (exact) mass is 311 g/mol. The Morgan fingerprint density at radius 3 is 2.60 bits per heavy atom. The van der Waals surface area contributed by atoms with Crippen LogP contribution in [0.2, 0.25) is 5.02 Å². The van der Waals surface area contributed by atoms with Gasteiger partial charge in [-0.3, -0.25) is 5.43 Å². The van der Waals surface area contributed by atoms with Crippen LogP contribution >= 0.6 is 22.9 Å². The van der Waals surface area contributed by atoms with Crippen molar-refractivity contribution in [1.82, 2.24) is 4.98 Å². The SMILES string of the molecule is COc1cc(Cl)c(C=NNc2nc(C)cs2)cc1OC. The number of rotatable bonds is 5. The van der Waals surface area contributed by atoms with Crippen LogP contribution in [0, 0.1) is 6.92 Å². The van der Waals surface area contributed by atoms with Gasteiger partial charge in [0.25, 0.3) is 0 Å². The lowest BCUT2D eigenvalue weighted by Gasteiger charge is -2.09. The summed E-state index contributed by atoms with van der Waals surface area (Å²) in [6.45, 7) is 1.93. The minimum Gasteiger partial charge on any atom is -0.493 e. The van der Waals surface area contributed by atoms with Gasteiger partial charge in [-0.1, -0.05) is 11.6 Å². The van der Waals surface area contributed by atoms with Crippen LogP contribution in [0.1, 0.15) is 11.3 Å². The Hall–Kier alpha value is -1.79. The average Bonchev–Trinajstić information content (AvgIpc) is 2.85. The molecule has 0 saturated heterocycles. The van der Waals surface area contributed by atoms with Crippen LogP contribution in [0.5, 0.6) is 11.5 Å². The maximum absolute atomic E-state index is 6.16. The molecule has 0 saturated carbocycles. The topological polar surface area (TPSA) is 55.7 Å². The smallest absolute Gasteiger partial charge is 0.203 e. The van der Waals surface area contributed by atoms with E-state index in [9.17, 15) is 0 Å². The zero-order valence-electron chi connectivity index (χ0n) is 11.3. The quantitative estimate of drug-likeness (QED) is 0.677. The van der Waals surface area contributed by atoms with Crippen molar-refractivity contribution in [2.24, 2.45) is 5.10 Å². The molecule has 0 radical (unpaired) electrons. The molecule has 1 aromatic heterocycles. The van der Waals surface area contributed by atoms with E-state index in [1.807, 2.05) is 12.3 Å². The molecule has 0 spiro atoms. The second-order valence-corrected chi connectivity index (χ2v) is 5.16. The number of anilines is 1. The number of thiazole rings is 1. The molecule has 0 aliphatic heterocycles. The lowest BCUT2D eigenvalue weighted by atomic mass is 10.2. The first-order valence-corrected chi connectivity index (χ1v) is 7.02. The highest BCUT2D eigenvalue weighted by Crippen LogP contribution is 2.32. The lowest BCUT2D eigenvalue weighted by molar-refractivity contribution is 0.355. The number of ether oxygens (including phenoxy) is 2. The largest absolute Gasteiger partial charge is 0.493 e. The molecule has 1 heterocycles. The van der Waals surface area contributed by atoms with Crippen LogP contribution in [0.4, 0.5) is 5.13 Å². The minimum atomic E-state index is 0.531. The predicted molar refractivity (Wildman–Crippen MR) is 82.6 cm³/mol. The van der Waals surface area contributed by atoms with Gasteiger partial charge in [-0.2, -0.15) is 5.10 Å². The Kier molecular flexibility index (Phi) is 4.81. The fraction of sp³-hybridized carbons (Fsp3) is 0.231. The molecule has 0 aliphatic carbocycles. The number of benzene rings is 1. The van der Waals surface area contributed by atoms with Crippen molar-refractivity contribution < 1.29 is 9.47 Å². The van der Waals surface area contributed by atoms with Gasteiger partial charge in [0.15, 0.2) is 11.5 Å². The molecule has 2 aromatic rings. The molecular formula is C13H14ClN3O2S. The molecule has 106 valence electrons. The van der Waals surface area contributed by atoms with Gasteiger partial charge in [0, 0.05) is 17.0 Å². The number of aryl methyl sites for hydroxylation is 1. The van der Waals surface area contributed by atoms with Crippen molar-refractivity contribution in [3.63, 3.8) is 0 Å². The number of nitrogens with zero attached hydrogens (tertiary/aromatic N) is 2. The normalized spacial score (nSPS) is 10.8. The highest BCUT2D eigenvalue weighted by Gasteiger charge is 2.08. The Morgan fingerprint density at radius 1 is 1.30 bits per heavy atom. The Morgan fingerprint density at radius 2 is 2.00 bits per heavy atom. The molecule has 5 nitrogen and oxygen atoms in total. The molecular weight excluding hydrogens is 298 g/mol. The molecule has 0 fully saturated rings. The van der Waals surface area contributed by atoms with Crippen LogP contribution in [0.15, 0.2) is 22.6 Å². The molecule has 0 bridgehead atoms. The maximum atomic E-state index is 6.16. The third-order valence-electron chi connectivity index (χ3n) is 2.49. The Bertz CT molecular complexity index is 628. The van der Waals surface area contributed by atoms with E-state index in [-0.39, 0.29) is 0 Å². The molecule has 0 unspecified atom stereocenters. The van der Waals surface area contributed by atoms with Crippen LogP contribution < -0.4 is 14.9 Å². The minimum absolute atomic E-state index is 0.531. The van der Waals surface area contributed by atoms with E-state index in [1.54, 1.807) is 32.6 Å².